The van der Waals surface area contributed by atoms with Crippen LogP contribution in [0.15, 0.2) is 0 Å². The van der Waals surface area contributed by atoms with E-state index in [1.54, 1.807) is 0 Å². The van der Waals surface area contributed by atoms with Crippen LogP contribution >= 0.6 is 0 Å². The minimum absolute atomic E-state index is 0.370. The van der Waals surface area contributed by atoms with Crippen LogP contribution in [0.5, 0.6) is 0 Å². The number of nitrogens with one attached hydrogen (secondary N) is 1. The summed E-state index contributed by atoms with van der Waals surface area (Å²) in [7, 11) is 0. The summed E-state index contributed by atoms with van der Waals surface area (Å²) in [5, 5.41) is 3.52. The molecule has 0 aromatic heterocycles. The Morgan fingerprint density at radius 2 is 2.00 bits per heavy atom. The summed E-state index contributed by atoms with van der Waals surface area (Å²) in [5.74, 6) is 0. The first-order valence-electron chi connectivity index (χ1n) is 6.32. The smallest absolute Gasteiger partial charge is 0.0593 e. The number of hydrogen-bond donors (Lipinski definition) is 1. The van der Waals surface area contributed by atoms with E-state index in [9.17, 15) is 0 Å². The summed E-state index contributed by atoms with van der Waals surface area (Å²) in [4.78, 5) is 2.61. The molecule has 1 aliphatic rings. The van der Waals surface area contributed by atoms with E-state index in [1.807, 2.05) is 0 Å². The van der Waals surface area contributed by atoms with Crippen molar-refractivity contribution in [1.29, 1.82) is 0 Å². The van der Waals surface area contributed by atoms with Crippen LogP contribution in [0.25, 0.3) is 0 Å². The Labute approximate surface area is 94.2 Å². The van der Waals surface area contributed by atoms with Gasteiger partial charge in [-0.1, -0.05) is 13.8 Å². The molecule has 0 radical (unpaired) electrons. The molecule has 0 bridgehead atoms. The van der Waals surface area contributed by atoms with Crippen molar-refractivity contribution >= 4 is 0 Å². The molecule has 0 aromatic carbocycles. The monoisotopic (exact) mass is 214 g/mol. The second-order valence-corrected chi connectivity index (χ2v) is 4.29. The van der Waals surface area contributed by atoms with Gasteiger partial charge >= 0.3 is 0 Å². The SMILES string of the molecule is CCOCCN1CCNCC1(CC)CC. The van der Waals surface area contributed by atoms with E-state index >= 15 is 0 Å². The quantitative estimate of drug-likeness (QED) is 0.678. The van der Waals surface area contributed by atoms with Crippen LogP contribution in [0.2, 0.25) is 0 Å². The lowest BCUT2D eigenvalue weighted by atomic mass is 9.88. The summed E-state index contributed by atoms with van der Waals surface area (Å²) in [5.41, 5.74) is 0.370. The highest BCUT2D eigenvalue weighted by atomic mass is 16.5. The maximum atomic E-state index is 5.46. The zero-order valence-corrected chi connectivity index (χ0v) is 10.5. The molecule has 1 saturated heterocycles. The summed E-state index contributed by atoms with van der Waals surface area (Å²) >= 11 is 0. The molecule has 0 amide bonds. The van der Waals surface area contributed by atoms with Crippen molar-refractivity contribution in [2.45, 2.75) is 39.2 Å². The molecule has 0 saturated carbocycles. The lowest BCUT2D eigenvalue weighted by Gasteiger charge is -2.47. The molecular weight excluding hydrogens is 188 g/mol. The predicted octanol–water partition coefficient (Wildman–Crippen LogP) is 1.49. The van der Waals surface area contributed by atoms with Crippen LogP contribution < -0.4 is 5.32 Å². The van der Waals surface area contributed by atoms with Gasteiger partial charge in [0.15, 0.2) is 0 Å². The Kier molecular flexibility index (Phi) is 5.58. The Balaban J connectivity index is 2.48. The molecule has 3 nitrogen and oxygen atoms in total. The van der Waals surface area contributed by atoms with E-state index in [2.05, 4.69) is 31.0 Å². The van der Waals surface area contributed by atoms with Crippen LogP contribution in [-0.4, -0.2) is 49.8 Å². The van der Waals surface area contributed by atoms with Gasteiger partial charge in [0.2, 0.25) is 0 Å². The zero-order valence-electron chi connectivity index (χ0n) is 10.5. The van der Waals surface area contributed by atoms with Crippen molar-refractivity contribution in [3.05, 3.63) is 0 Å². The molecule has 15 heavy (non-hydrogen) atoms. The van der Waals surface area contributed by atoms with Gasteiger partial charge < -0.3 is 10.1 Å². The van der Waals surface area contributed by atoms with Crippen LogP contribution in [-0.2, 0) is 4.74 Å². The minimum Gasteiger partial charge on any atom is -0.380 e. The summed E-state index contributed by atoms with van der Waals surface area (Å²) in [6, 6.07) is 0. The van der Waals surface area contributed by atoms with Crippen LogP contribution in [0, 0.1) is 0 Å². The molecule has 3 heteroatoms. The van der Waals surface area contributed by atoms with E-state index in [4.69, 9.17) is 4.74 Å². The van der Waals surface area contributed by atoms with Crippen molar-refractivity contribution in [1.82, 2.24) is 10.2 Å². The fraction of sp³-hybridized carbons (Fsp3) is 1.00. The topological polar surface area (TPSA) is 24.5 Å². The molecule has 1 rings (SSSR count). The lowest BCUT2D eigenvalue weighted by molar-refractivity contribution is 0.0215. The number of nitrogens with zero attached hydrogens (tertiary/aromatic N) is 1. The fourth-order valence-electron chi connectivity index (χ4n) is 2.50. The van der Waals surface area contributed by atoms with Crippen molar-refractivity contribution in [2.24, 2.45) is 0 Å². The van der Waals surface area contributed by atoms with Gasteiger partial charge in [-0.05, 0) is 19.8 Å². The van der Waals surface area contributed by atoms with Gasteiger partial charge in [0.1, 0.15) is 0 Å². The van der Waals surface area contributed by atoms with Gasteiger partial charge in [-0.2, -0.15) is 0 Å². The third kappa shape index (κ3) is 3.16. The molecular formula is C12H26N2O. The van der Waals surface area contributed by atoms with Crippen LogP contribution in [0.4, 0.5) is 0 Å². The predicted molar refractivity (Wildman–Crippen MR) is 64.2 cm³/mol. The standard InChI is InChI=1S/C12H26N2O/c1-4-12(5-2)11-13-7-8-14(12)9-10-15-6-3/h13H,4-11H2,1-3H3. The molecule has 1 fully saturated rings. The van der Waals surface area contributed by atoms with Crippen molar-refractivity contribution < 1.29 is 4.74 Å². The average Bonchev–Trinajstić information content (AvgIpc) is 2.30. The Bertz CT molecular complexity index is 169. The Morgan fingerprint density at radius 1 is 1.27 bits per heavy atom. The number of rotatable bonds is 6. The molecule has 0 spiro atoms. The first kappa shape index (κ1) is 12.9. The largest absolute Gasteiger partial charge is 0.380 e. The summed E-state index contributed by atoms with van der Waals surface area (Å²) in [6.07, 6.45) is 2.45. The molecule has 0 aromatic rings. The van der Waals surface area contributed by atoms with Gasteiger partial charge in [-0.15, -0.1) is 0 Å². The summed E-state index contributed by atoms with van der Waals surface area (Å²) in [6.45, 7) is 12.8. The van der Waals surface area contributed by atoms with Gasteiger partial charge in [0.05, 0.1) is 6.61 Å². The second kappa shape index (κ2) is 6.46. The van der Waals surface area contributed by atoms with Crippen LogP contribution in [0.1, 0.15) is 33.6 Å². The van der Waals surface area contributed by atoms with Crippen LogP contribution in [0.3, 0.4) is 0 Å². The third-order valence-electron chi connectivity index (χ3n) is 3.71. The first-order valence-corrected chi connectivity index (χ1v) is 6.32. The minimum atomic E-state index is 0.370. The molecule has 1 aliphatic heterocycles. The van der Waals surface area contributed by atoms with Gasteiger partial charge in [-0.25, -0.2) is 0 Å². The van der Waals surface area contributed by atoms with Crippen molar-refractivity contribution in [3.8, 4) is 0 Å². The molecule has 90 valence electrons. The highest BCUT2D eigenvalue weighted by Crippen LogP contribution is 2.24. The van der Waals surface area contributed by atoms with Gasteiger partial charge in [0, 0.05) is 38.3 Å². The normalized spacial score (nSPS) is 21.8. The Morgan fingerprint density at radius 3 is 2.60 bits per heavy atom. The first-order chi connectivity index (χ1) is 7.29. The maximum Gasteiger partial charge on any atom is 0.0593 e. The molecule has 0 atom stereocenters. The Hall–Kier alpha value is -0.120. The van der Waals surface area contributed by atoms with E-state index < -0.39 is 0 Å². The maximum absolute atomic E-state index is 5.46. The highest BCUT2D eigenvalue weighted by Gasteiger charge is 2.34. The molecule has 1 N–H and O–H groups in total. The van der Waals surface area contributed by atoms with Crippen molar-refractivity contribution in [3.63, 3.8) is 0 Å². The average molecular weight is 214 g/mol. The zero-order chi connectivity index (χ0) is 11.1. The van der Waals surface area contributed by atoms with E-state index in [1.165, 1.54) is 12.8 Å². The third-order valence-corrected chi connectivity index (χ3v) is 3.71. The second-order valence-electron chi connectivity index (χ2n) is 4.29. The highest BCUT2D eigenvalue weighted by molar-refractivity contribution is 4.93. The lowest BCUT2D eigenvalue weighted by Crippen LogP contribution is -2.61. The number of piperazine rings is 1. The fourth-order valence-corrected chi connectivity index (χ4v) is 2.50. The number of ether oxygens (including phenoxy) is 1. The van der Waals surface area contributed by atoms with E-state index in [0.717, 1.165) is 39.4 Å². The number of hydrogen-bond acceptors (Lipinski definition) is 3. The van der Waals surface area contributed by atoms with E-state index in [-0.39, 0.29) is 0 Å². The molecule has 0 aliphatic carbocycles. The summed E-state index contributed by atoms with van der Waals surface area (Å²) < 4.78 is 5.46. The van der Waals surface area contributed by atoms with Gasteiger partial charge in [-0.3, -0.25) is 4.90 Å². The van der Waals surface area contributed by atoms with Crippen molar-refractivity contribution in [2.75, 3.05) is 39.4 Å². The molecule has 1 heterocycles. The van der Waals surface area contributed by atoms with E-state index in [0.29, 0.717) is 5.54 Å². The van der Waals surface area contributed by atoms with Gasteiger partial charge in [0.25, 0.3) is 0 Å². The molecule has 0 unspecified atom stereocenters.